The highest BCUT2D eigenvalue weighted by atomic mass is 16.5. The number of allylic oxidation sites excluding steroid dienone is 1. The monoisotopic (exact) mass is 274 g/mol. The second kappa shape index (κ2) is 12.1. The number of carbonyl (C=O) groups is 1. The average Bonchev–Trinajstić information content (AvgIpc) is 2.42. The number of aliphatic hydroxyl groups is 1. The molecule has 0 saturated heterocycles. The molecule has 0 aliphatic rings. The van der Waals surface area contributed by atoms with Crippen LogP contribution >= 0.6 is 0 Å². The Kier molecular flexibility index (Phi) is 10.9. The molecule has 0 aliphatic carbocycles. The second-order valence-electron chi connectivity index (χ2n) is 4.17. The van der Waals surface area contributed by atoms with Crippen LogP contribution in [0.15, 0.2) is 24.8 Å². The Morgan fingerprint density at radius 1 is 1.35 bits per heavy atom. The summed E-state index contributed by atoms with van der Waals surface area (Å²) in [6.45, 7) is 6.88. The van der Waals surface area contributed by atoms with Crippen LogP contribution in [0.4, 0.5) is 0 Å². The molecule has 0 aliphatic heterocycles. The van der Waals surface area contributed by atoms with E-state index < -0.39 is 12.2 Å². The number of unbranched alkanes of at least 4 members (excludes halogenated alkanes) is 3. The summed E-state index contributed by atoms with van der Waals surface area (Å²) in [5, 5.41) is 9.13. The quantitative estimate of drug-likeness (QED) is 0.336. The molecule has 0 spiro atoms. The fraction of sp³-hybridized carbons (Fsp3) is 0.471. The molecule has 1 N–H and O–H groups in total. The first-order chi connectivity index (χ1) is 9.60. The van der Waals surface area contributed by atoms with Crippen molar-refractivity contribution >= 4 is 5.97 Å². The van der Waals surface area contributed by atoms with Crippen LogP contribution < -0.4 is 0 Å². The predicted molar refractivity (Wildman–Crippen MR) is 80.6 cm³/mol. The molecule has 0 fully saturated rings. The zero-order valence-electron chi connectivity index (χ0n) is 12.2. The maximum absolute atomic E-state index is 11.0. The Morgan fingerprint density at radius 2 is 2.05 bits per heavy atom. The third kappa shape index (κ3) is 11.1. The van der Waals surface area contributed by atoms with Gasteiger partial charge in [-0.05, 0) is 36.7 Å². The Hall–Kier alpha value is -1.97. The molecule has 0 aromatic rings. The molecule has 0 heterocycles. The maximum Gasteiger partial charge on any atom is 0.304 e. The van der Waals surface area contributed by atoms with Gasteiger partial charge in [-0.25, -0.2) is 0 Å². The molecule has 3 nitrogen and oxygen atoms in total. The Balaban J connectivity index is 4.47. The maximum atomic E-state index is 11.0. The lowest BCUT2D eigenvalue weighted by Crippen LogP contribution is -2.11. The van der Waals surface area contributed by atoms with Gasteiger partial charge in [0.05, 0.1) is 0 Å². The molecular weight excluding hydrogens is 252 g/mol. The summed E-state index contributed by atoms with van der Waals surface area (Å²) < 4.78 is 5.04. The van der Waals surface area contributed by atoms with Gasteiger partial charge < -0.3 is 9.84 Å². The zero-order chi connectivity index (χ0) is 15.2. The minimum atomic E-state index is -0.888. The molecule has 0 amide bonds. The van der Waals surface area contributed by atoms with Crippen LogP contribution in [0.5, 0.6) is 0 Å². The summed E-state index contributed by atoms with van der Waals surface area (Å²) in [7, 11) is 0. The summed E-state index contributed by atoms with van der Waals surface area (Å²) in [5.74, 6) is 9.86. The number of hydrogen-bond donors (Lipinski definition) is 1. The van der Waals surface area contributed by atoms with Crippen LogP contribution in [-0.2, 0) is 9.53 Å². The first-order valence-electron chi connectivity index (χ1n) is 6.75. The highest BCUT2D eigenvalue weighted by molar-refractivity contribution is 5.66. The molecule has 0 unspecified atom stereocenters. The number of carbonyl (C=O) groups excluding carboxylic acids is 1. The molecule has 20 heavy (non-hydrogen) atoms. The lowest BCUT2D eigenvalue weighted by Gasteiger charge is -2.05. The summed E-state index contributed by atoms with van der Waals surface area (Å²) in [5.41, 5.74) is 0. The van der Waals surface area contributed by atoms with E-state index in [1.807, 2.05) is 6.08 Å². The van der Waals surface area contributed by atoms with Gasteiger partial charge in [0.2, 0.25) is 0 Å². The van der Waals surface area contributed by atoms with Crippen LogP contribution in [0.2, 0.25) is 0 Å². The molecule has 0 saturated carbocycles. The molecule has 0 aromatic heterocycles. The third-order valence-corrected chi connectivity index (χ3v) is 2.30. The van der Waals surface area contributed by atoms with Crippen molar-refractivity contribution in [3.8, 4) is 23.7 Å². The van der Waals surface area contributed by atoms with Crippen molar-refractivity contribution < 1.29 is 14.6 Å². The van der Waals surface area contributed by atoms with E-state index in [0.717, 1.165) is 12.8 Å². The summed E-state index contributed by atoms with van der Waals surface area (Å²) in [6, 6.07) is 0. The molecule has 3 heteroatoms. The molecule has 0 radical (unpaired) electrons. The molecule has 108 valence electrons. The Bertz CT molecular complexity index is 440. The lowest BCUT2D eigenvalue weighted by atomic mass is 10.2. The van der Waals surface area contributed by atoms with Gasteiger partial charge in [0.1, 0.15) is 6.10 Å². The Labute approximate surface area is 121 Å². The molecule has 2 atom stereocenters. The lowest BCUT2D eigenvalue weighted by molar-refractivity contribution is -0.142. The number of ether oxygens (including phenoxy) is 1. The van der Waals surface area contributed by atoms with E-state index in [-0.39, 0.29) is 5.97 Å². The highest BCUT2D eigenvalue weighted by Crippen LogP contribution is 2.02. The van der Waals surface area contributed by atoms with Crippen molar-refractivity contribution in [2.45, 2.75) is 51.7 Å². The smallest absolute Gasteiger partial charge is 0.304 e. The van der Waals surface area contributed by atoms with Gasteiger partial charge in [0.15, 0.2) is 6.10 Å². The van der Waals surface area contributed by atoms with Gasteiger partial charge in [-0.1, -0.05) is 44.4 Å². The van der Waals surface area contributed by atoms with Gasteiger partial charge in [-0.15, -0.1) is 0 Å². The van der Waals surface area contributed by atoms with Gasteiger partial charge in [-0.2, -0.15) is 0 Å². The fourth-order valence-electron chi connectivity index (χ4n) is 1.30. The van der Waals surface area contributed by atoms with E-state index in [0.29, 0.717) is 0 Å². The van der Waals surface area contributed by atoms with Crippen LogP contribution in [0, 0.1) is 23.7 Å². The van der Waals surface area contributed by atoms with Crippen molar-refractivity contribution in [3.05, 3.63) is 24.8 Å². The van der Waals surface area contributed by atoms with E-state index in [1.165, 1.54) is 25.8 Å². The minimum Gasteiger partial charge on any atom is -0.445 e. The fourth-order valence-corrected chi connectivity index (χ4v) is 1.30. The average molecular weight is 274 g/mol. The number of hydrogen-bond acceptors (Lipinski definition) is 3. The number of esters is 1. The third-order valence-electron chi connectivity index (χ3n) is 2.30. The van der Waals surface area contributed by atoms with Crippen molar-refractivity contribution in [2.75, 3.05) is 0 Å². The number of aliphatic hydroxyl groups excluding tert-OH is 1. The normalized spacial score (nSPS) is 12.6. The molecular formula is C17H22O3. The van der Waals surface area contributed by atoms with Gasteiger partial charge >= 0.3 is 5.97 Å². The topological polar surface area (TPSA) is 46.5 Å². The van der Waals surface area contributed by atoms with Crippen molar-refractivity contribution in [1.82, 2.24) is 0 Å². The molecule has 0 rings (SSSR count). The molecule has 0 bridgehead atoms. The zero-order valence-corrected chi connectivity index (χ0v) is 12.2. The Morgan fingerprint density at radius 3 is 2.65 bits per heavy atom. The van der Waals surface area contributed by atoms with Crippen LogP contribution in [-0.4, -0.2) is 23.3 Å². The second-order valence-corrected chi connectivity index (χ2v) is 4.17. The first kappa shape index (κ1) is 18.0. The van der Waals surface area contributed by atoms with E-state index in [2.05, 4.69) is 37.2 Å². The predicted octanol–water partition coefficient (Wildman–Crippen LogP) is 2.61. The van der Waals surface area contributed by atoms with Crippen LogP contribution in [0.25, 0.3) is 0 Å². The van der Waals surface area contributed by atoms with Crippen LogP contribution in [0.1, 0.15) is 39.5 Å². The van der Waals surface area contributed by atoms with Gasteiger partial charge in [-0.3, -0.25) is 4.79 Å². The number of rotatable bonds is 7. The summed E-state index contributed by atoms with van der Waals surface area (Å²) in [4.78, 5) is 11.0. The van der Waals surface area contributed by atoms with E-state index >= 15 is 0 Å². The van der Waals surface area contributed by atoms with E-state index in [4.69, 9.17) is 9.84 Å². The summed E-state index contributed by atoms with van der Waals surface area (Å²) in [6.07, 6.45) is 7.95. The van der Waals surface area contributed by atoms with Crippen LogP contribution in [0.3, 0.4) is 0 Å². The summed E-state index contributed by atoms with van der Waals surface area (Å²) >= 11 is 0. The van der Waals surface area contributed by atoms with Crippen molar-refractivity contribution in [3.63, 3.8) is 0 Å². The SMILES string of the molecule is C=C[C@H](O)C#CC#C[C@H](C=CCCCCC)OC(C)=O. The van der Waals surface area contributed by atoms with Gasteiger partial charge in [0.25, 0.3) is 0 Å². The van der Waals surface area contributed by atoms with Gasteiger partial charge in [0, 0.05) is 6.92 Å². The minimum absolute atomic E-state index is 0.387. The van der Waals surface area contributed by atoms with Crippen molar-refractivity contribution in [2.24, 2.45) is 0 Å². The highest BCUT2D eigenvalue weighted by Gasteiger charge is 2.02. The molecule has 0 aromatic carbocycles. The van der Waals surface area contributed by atoms with E-state index in [9.17, 15) is 4.79 Å². The van der Waals surface area contributed by atoms with Crippen molar-refractivity contribution in [1.29, 1.82) is 0 Å². The first-order valence-corrected chi connectivity index (χ1v) is 6.75. The standard InChI is InChI=1S/C17H22O3/c1-4-6-7-8-9-13-17(20-15(3)18)14-11-10-12-16(19)5-2/h5,9,13,16-17,19H,2,4,6-8H2,1,3H3/t16-,17-/m0/s1. The van der Waals surface area contributed by atoms with E-state index in [1.54, 1.807) is 6.08 Å². The largest absolute Gasteiger partial charge is 0.445 e.